The van der Waals surface area contributed by atoms with Gasteiger partial charge in [0.1, 0.15) is 11.6 Å². The van der Waals surface area contributed by atoms with Crippen molar-refractivity contribution < 1.29 is 8.42 Å². The lowest BCUT2D eigenvalue weighted by atomic mass is 9.78. The minimum atomic E-state index is -3.19. The fourth-order valence-corrected chi connectivity index (χ4v) is 6.85. The van der Waals surface area contributed by atoms with E-state index in [9.17, 15) is 8.42 Å². The van der Waals surface area contributed by atoms with E-state index >= 15 is 0 Å². The lowest BCUT2D eigenvalue weighted by molar-refractivity contribution is 0.109. The van der Waals surface area contributed by atoms with E-state index in [1.165, 1.54) is 0 Å². The Kier molecular flexibility index (Phi) is 5.29. The van der Waals surface area contributed by atoms with Crippen LogP contribution in [-0.2, 0) is 10.0 Å². The van der Waals surface area contributed by atoms with Crippen LogP contribution in [0.15, 0.2) is 24.3 Å². The number of nitrogens with two attached hydrogens (primary N) is 1. The number of sulfonamides is 1. The number of aryl methyl sites for hydroxylation is 1. The molecule has 10 heteroatoms. The molecule has 5 heterocycles. The summed E-state index contributed by atoms with van der Waals surface area (Å²) in [6.07, 6.45) is 4.56. The molecule has 2 bridgehead atoms. The highest BCUT2D eigenvalue weighted by atomic mass is 32.2. The largest absolute Gasteiger partial charge is 0.383 e. The second-order valence-electron chi connectivity index (χ2n) is 8.89. The van der Waals surface area contributed by atoms with Crippen LogP contribution < -0.4 is 11.1 Å². The zero-order valence-corrected chi connectivity index (χ0v) is 19.2. The van der Waals surface area contributed by atoms with Crippen LogP contribution in [0.4, 0.5) is 17.5 Å². The van der Waals surface area contributed by atoms with Crippen LogP contribution >= 0.6 is 0 Å². The van der Waals surface area contributed by atoms with Gasteiger partial charge in [0, 0.05) is 46.9 Å². The third-order valence-corrected chi connectivity index (χ3v) is 8.68. The predicted molar refractivity (Wildman–Crippen MR) is 125 cm³/mol. The second-order valence-corrected chi connectivity index (χ2v) is 11.1. The van der Waals surface area contributed by atoms with Gasteiger partial charge < -0.3 is 11.1 Å². The van der Waals surface area contributed by atoms with Crippen molar-refractivity contribution in [1.29, 1.82) is 0 Å². The minimum absolute atomic E-state index is 0.0672. The van der Waals surface area contributed by atoms with Crippen molar-refractivity contribution in [3.8, 4) is 0 Å². The Morgan fingerprint density at radius 2 is 1.91 bits per heavy atom. The zero-order valence-electron chi connectivity index (χ0n) is 18.4. The number of hydrogen-bond acceptors (Lipinski definition) is 7. The molecule has 3 aromatic heterocycles. The topological polar surface area (TPSA) is 130 Å². The number of aromatic nitrogens is 4. The first-order valence-electron chi connectivity index (χ1n) is 11.2. The van der Waals surface area contributed by atoms with Gasteiger partial charge in [0.05, 0.1) is 11.3 Å². The van der Waals surface area contributed by atoms with Gasteiger partial charge in [0.25, 0.3) is 0 Å². The molecule has 0 amide bonds. The van der Waals surface area contributed by atoms with Crippen LogP contribution in [-0.4, -0.2) is 50.7 Å². The zero-order chi connectivity index (χ0) is 22.5. The molecule has 2 aliphatic heterocycles. The highest BCUT2D eigenvalue weighted by Gasteiger charge is 2.44. The summed E-state index contributed by atoms with van der Waals surface area (Å²) in [5, 5.41) is 11.1. The molecule has 9 nitrogen and oxygen atoms in total. The molecule has 3 atom stereocenters. The Hall–Kier alpha value is -2.72. The van der Waals surface area contributed by atoms with Gasteiger partial charge in [-0.05, 0) is 51.7 Å². The van der Waals surface area contributed by atoms with E-state index in [0.29, 0.717) is 17.5 Å². The van der Waals surface area contributed by atoms with Crippen molar-refractivity contribution in [2.24, 2.45) is 0 Å². The van der Waals surface area contributed by atoms with E-state index in [2.05, 4.69) is 20.5 Å². The molecule has 0 aliphatic carbocycles. The van der Waals surface area contributed by atoms with Crippen LogP contribution in [0.25, 0.3) is 10.9 Å². The number of piperidine rings is 2. The number of nitrogens with one attached hydrogen (secondary N) is 2. The second kappa shape index (κ2) is 8.00. The number of aromatic amines is 1. The summed E-state index contributed by atoms with van der Waals surface area (Å²) in [6, 6.07) is 7.91. The maximum Gasteiger partial charge on any atom is 0.214 e. The number of nitrogens with zero attached hydrogens (tertiary/aromatic N) is 4. The van der Waals surface area contributed by atoms with Crippen LogP contribution in [0.1, 0.15) is 56.3 Å². The van der Waals surface area contributed by atoms with E-state index < -0.39 is 10.0 Å². The fraction of sp³-hybridized carbons (Fsp3) is 0.500. The normalized spacial score (nSPS) is 24.0. The van der Waals surface area contributed by atoms with E-state index in [1.807, 2.05) is 35.5 Å². The number of H-pyrrole nitrogens is 1. The summed E-state index contributed by atoms with van der Waals surface area (Å²) < 4.78 is 27.2. The Bertz CT molecular complexity index is 1240. The minimum Gasteiger partial charge on any atom is -0.383 e. The molecule has 170 valence electrons. The third-order valence-electron chi connectivity index (χ3n) is 6.71. The summed E-state index contributed by atoms with van der Waals surface area (Å²) >= 11 is 0. The van der Waals surface area contributed by atoms with Gasteiger partial charge in [-0.2, -0.15) is 9.40 Å². The lowest BCUT2D eigenvalue weighted by Gasteiger charge is -2.47. The molecule has 2 fully saturated rings. The molecule has 2 aliphatic rings. The molecule has 0 spiro atoms. The van der Waals surface area contributed by atoms with E-state index in [1.54, 1.807) is 6.92 Å². The van der Waals surface area contributed by atoms with Crippen molar-refractivity contribution in [1.82, 2.24) is 24.5 Å². The third kappa shape index (κ3) is 3.81. The number of hydrogen-bond donors (Lipinski definition) is 3. The molecule has 0 unspecified atom stereocenters. The number of anilines is 3. The first-order chi connectivity index (χ1) is 15.3. The van der Waals surface area contributed by atoms with Gasteiger partial charge in [-0.25, -0.2) is 13.4 Å². The van der Waals surface area contributed by atoms with Crippen LogP contribution in [0.3, 0.4) is 0 Å². The smallest absolute Gasteiger partial charge is 0.214 e. The molecule has 32 heavy (non-hydrogen) atoms. The monoisotopic (exact) mass is 455 g/mol. The summed E-state index contributed by atoms with van der Waals surface area (Å²) in [5.41, 5.74) is 8.93. The SMILES string of the molecule is CCS(=O)(=O)N1[C@@H]2CCC[C@H]1C[C@@H](c1ccc3c(N)nc(Nc4cc(C)[nH]n4)cc3n1)C2. The average Bonchev–Trinajstić information content (AvgIpc) is 3.16. The fourth-order valence-electron chi connectivity index (χ4n) is 5.26. The van der Waals surface area contributed by atoms with Gasteiger partial charge >= 0.3 is 0 Å². The van der Waals surface area contributed by atoms with Gasteiger partial charge in [-0.3, -0.25) is 10.1 Å². The molecule has 0 radical (unpaired) electrons. The molecule has 0 aromatic carbocycles. The Morgan fingerprint density at radius 3 is 2.56 bits per heavy atom. The Balaban J connectivity index is 1.44. The van der Waals surface area contributed by atoms with Crippen molar-refractivity contribution in [3.05, 3.63) is 35.7 Å². The summed E-state index contributed by atoms with van der Waals surface area (Å²) in [4.78, 5) is 9.39. The van der Waals surface area contributed by atoms with Crippen LogP contribution in [0, 0.1) is 6.92 Å². The quantitative estimate of drug-likeness (QED) is 0.537. The Labute approximate surface area is 187 Å². The van der Waals surface area contributed by atoms with Crippen molar-refractivity contribution in [3.63, 3.8) is 0 Å². The summed E-state index contributed by atoms with van der Waals surface area (Å²) in [6.45, 7) is 3.66. The van der Waals surface area contributed by atoms with E-state index in [-0.39, 0.29) is 23.8 Å². The van der Waals surface area contributed by atoms with Crippen LogP contribution in [0.5, 0.6) is 0 Å². The number of fused-ring (bicyclic) bond motifs is 3. The highest BCUT2D eigenvalue weighted by Crippen LogP contribution is 2.43. The first kappa shape index (κ1) is 21.1. The summed E-state index contributed by atoms with van der Waals surface area (Å²) in [5.74, 6) is 2.07. The van der Waals surface area contributed by atoms with Crippen molar-refractivity contribution >= 4 is 38.4 Å². The van der Waals surface area contributed by atoms with Crippen LogP contribution in [0.2, 0.25) is 0 Å². The predicted octanol–water partition coefficient (Wildman–Crippen LogP) is 3.44. The molecule has 3 aromatic rings. The number of pyridine rings is 2. The highest BCUT2D eigenvalue weighted by molar-refractivity contribution is 7.89. The average molecular weight is 456 g/mol. The van der Waals surface area contributed by atoms with Crippen molar-refractivity contribution in [2.75, 3.05) is 16.8 Å². The molecule has 2 saturated heterocycles. The van der Waals surface area contributed by atoms with Gasteiger partial charge in [0.15, 0.2) is 5.82 Å². The van der Waals surface area contributed by atoms with Gasteiger partial charge in [0.2, 0.25) is 10.0 Å². The molecule has 5 rings (SSSR count). The standard InChI is InChI=1S/C22H29N7O2S/c1-3-32(30,31)29-15-5-4-6-16(29)11-14(10-15)18-8-7-17-19(24-18)12-20(26-22(17)23)25-21-9-13(2)27-28-21/h7-9,12,14-16H,3-6,10-11H2,1-2H3,(H4,23,25,26,27,28)/t14-,15+,16-. The molecule has 4 N–H and O–H groups in total. The Morgan fingerprint density at radius 1 is 1.16 bits per heavy atom. The maximum absolute atomic E-state index is 12.7. The molecular weight excluding hydrogens is 426 g/mol. The van der Waals surface area contributed by atoms with Gasteiger partial charge in [-0.15, -0.1) is 0 Å². The van der Waals surface area contributed by atoms with Crippen molar-refractivity contribution in [2.45, 2.75) is 64.0 Å². The summed E-state index contributed by atoms with van der Waals surface area (Å²) in [7, 11) is -3.19. The maximum atomic E-state index is 12.7. The van der Waals surface area contributed by atoms with Gasteiger partial charge in [-0.1, -0.05) is 6.42 Å². The molecule has 0 saturated carbocycles. The first-order valence-corrected chi connectivity index (χ1v) is 12.8. The number of nitrogen functional groups attached to an aromatic ring is 1. The molecular formula is C22H29N7O2S. The lowest BCUT2D eigenvalue weighted by Crippen LogP contribution is -2.54. The van der Waals surface area contributed by atoms with E-state index in [4.69, 9.17) is 10.7 Å². The van der Waals surface area contributed by atoms with E-state index in [0.717, 1.165) is 54.4 Å². The number of rotatable bonds is 5.